The van der Waals surface area contributed by atoms with Crippen molar-refractivity contribution in [2.24, 2.45) is 0 Å². The molecule has 0 aromatic heterocycles. The van der Waals surface area contributed by atoms with Crippen molar-refractivity contribution in [2.45, 2.75) is 56.4 Å². The molecule has 0 unspecified atom stereocenters. The molecule has 2 aliphatic rings. The Morgan fingerprint density at radius 3 is 2.33 bits per heavy atom. The molecule has 0 saturated heterocycles. The van der Waals surface area contributed by atoms with Gasteiger partial charge in [0.25, 0.3) is 0 Å². The number of hydrogen-bond donors (Lipinski definition) is 1. The minimum atomic E-state index is -0.125. The summed E-state index contributed by atoms with van der Waals surface area (Å²) in [6.07, 6.45) is 9.13. The van der Waals surface area contributed by atoms with Crippen LogP contribution in [0.1, 0.15) is 50.5 Å². The molecule has 2 fully saturated rings. The third-order valence-electron chi connectivity index (χ3n) is 4.57. The lowest BCUT2D eigenvalue weighted by Gasteiger charge is -2.38. The largest absolute Gasteiger partial charge is 0.313 e. The van der Waals surface area contributed by atoms with Crippen molar-refractivity contribution >= 4 is 0 Å². The zero-order chi connectivity index (χ0) is 12.4. The number of hydrogen-bond acceptors (Lipinski definition) is 1. The van der Waals surface area contributed by atoms with E-state index in [2.05, 4.69) is 5.32 Å². The van der Waals surface area contributed by atoms with Gasteiger partial charge in [-0.05, 0) is 43.4 Å². The van der Waals surface area contributed by atoms with Gasteiger partial charge in [0.1, 0.15) is 5.82 Å². The lowest BCUT2D eigenvalue weighted by Crippen LogP contribution is -2.40. The van der Waals surface area contributed by atoms with Crippen molar-refractivity contribution in [3.05, 3.63) is 35.6 Å². The van der Waals surface area contributed by atoms with E-state index < -0.39 is 0 Å². The Kier molecular flexibility index (Phi) is 3.38. The first kappa shape index (κ1) is 12.2. The molecule has 1 N–H and O–H groups in total. The lowest BCUT2D eigenvalue weighted by molar-refractivity contribution is 0.279. The molecule has 1 aromatic rings. The average Bonchev–Trinajstić information content (AvgIpc) is 3.22. The monoisotopic (exact) mass is 247 g/mol. The summed E-state index contributed by atoms with van der Waals surface area (Å²) in [5.41, 5.74) is 1.59. The normalized spacial score (nSPS) is 22.9. The smallest absolute Gasteiger partial charge is 0.123 e. The molecular formula is C16H22FN. The summed E-state index contributed by atoms with van der Waals surface area (Å²) in [5, 5.41) is 3.69. The molecule has 0 atom stereocenters. The number of rotatable bonds is 4. The summed E-state index contributed by atoms with van der Waals surface area (Å²) >= 11 is 0. The SMILES string of the molecule is Fc1ccc(C2(CNC3CC3)CCCCC2)cc1. The summed E-state index contributed by atoms with van der Waals surface area (Å²) in [7, 11) is 0. The second kappa shape index (κ2) is 5.00. The first-order valence-electron chi connectivity index (χ1n) is 7.28. The number of halogens is 1. The molecule has 1 nitrogen and oxygen atoms in total. The summed E-state index contributed by atoms with van der Waals surface area (Å²) in [4.78, 5) is 0. The molecule has 0 radical (unpaired) electrons. The predicted molar refractivity (Wildman–Crippen MR) is 72.2 cm³/mol. The van der Waals surface area contributed by atoms with Crippen LogP contribution in [-0.2, 0) is 5.41 Å². The van der Waals surface area contributed by atoms with Crippen LogP contribution in [-0.4, -0.2) is 12.6 Å². The highest BCUT2D eigenvalue weighted by molar-refractivity contribution is 5.27. The maximum atomic E-state index is 13.1. The zero-order valence-electron chi connectivity index (χ0n) is 10.9. The fourth-order valence-corrected chi connectivity index (χ4v) is 3.23. The van der Waals surface area contributed by atoms with Gasteiger partial charge in [0.05, 0.1) is 0 Å². The second-order valence-corrected chi connectivity index (χ2v) is 6.00. The quantitative estimate of drug-likeness (QED) is 0.853. The standard InChI is InChI=1S/C16H22FN/c17-14-6-4-13(5-7-14)16(10-2-1-3-11-16)12-18-15-8-9-15/h4-7,15,18H,1-3,8-12H2. The van der Waals surface area contributed by atoms with Gasteiger partial charge in [-0.1, -0.05) is 31.4 Å². The Morgan fingerprint density at radius 2 is 1.72 bits per heavy atom. The van der Waals surface area contributed by atoms with Gasteiger partial charge in [0.2, 0.25) is 0 Å². The number of nitrogens with one attached hydrogen (secondary N) is 1. The van der Waals surface area contributed by atoms with Gasteiger partial charge in [-0.25, -0.2) is 4.39 Å². The van der Waals surface area contributed by atoms with Crippen molar-refractivity contribution in [2.75, 3.05) is 6.54 Å². The molecule has 0 bridgehead atoms. The van der Waals surface area contributed by atoms with E-state index in [0.717, 1.165) is 12.6 Å². The van der Waals surface area contributed by atoms with Crippen LogP contribution in [0.5, 0.6) is 0 Å². The Balaban J connectivity index is 1.80. The maximum Gasteiger partial charge on any atom is 0.123 e. The summed E-state index contributed by atoms with van der Waals surface area (Å²) in [6.45, 7) is 1.07. The zero-order valence-corrected chi connectivity index (χ0v) is 10.9. The van der Waals surface area contributed by atoms with Crippen molar-refractivity contribution < 1.29 is 4.39 Å². The first-order chi connectivity index (χ1) is 8.78. The molecule has 18 heavy (non-hydrogen) atoms. The molecular weight excluding hydrogens is 225 g/mol. The fraction of sp³-hybridized carbons (Fsp3) is 0.625. The molecule has 0 heterocycles. The third-order valence-corrected chi connectivity index (χ3v) is 4.57. The fourth-order valence-electron chi connectivity index (χ4n) is 3.23. The summed E-state index contributed by atoms with van der Waals surface area (Å²) in [5.74, 6) is -0.125. The highest BCUT2D eigenvalue weighted by Gasteiger charge is 2.35. The van der Waals surface area contributed by atoms with Crippen LogP contribution >= 0.6 is 0 Å². The van der Waals surface area contributed by atoms with Crippen LogP contribution in [0.25, 0.3) is 0 Å². The van der Waals surface area contributed by atoms with Gasteiger partial charge in [-0.3, -0.25) is 0 Å². The summed E-state index contributed by atoms with van der Waals surface area (Å²) in [6, 6.07) is 7.97. The Labute approximate surface area is 109 Å². The van der Waals surface area contributed by atoms with Gasteiger partial charge >= 0.3 is 0 Å². The van der Waals surface area contributed by atoms with E-state index in [0.29, 0.717) is 0 Å². The van der Waals surface area contributed by atoms with Crippen LogP contribution in [0.15, 0.2) is 24.3 Å². The maximum absolute atomic E-state index is 13.1. The van der Waals surface area contributed by atoms with Gasteiger partial charge in [-0.15, -0.1) is 0 Å². The van der Waals surface area contributed by atoms with E-state index in [1.807, 2.05) is 12.1 Å². The topological polar surface area (TPSA) is 12.0 Å². The van der Waals surface area contributed by atoms with E-state index in [1.165, 1.54) is 50.5 Å². The van der Waals surface area contributed by atoms with Gasteiger partial charge in [0, 0.05) is 18.0 Å². The first-order valence-corrected chi connectivity index (χ1v) is 7.28. The van der Waals surface area contributed by atoms with Crippen LogP contribution in [0, 0.1) is 5.82 Å². The minimum Gasteiger partial charge on any atom is -0.313 e. The van der Waals surface area contributed by atoms with Gasteiger partial charge < -0.3 is 5.32 Å². The van der Waals surface area contributed by atoms with Gasteiger partial charge in [0.15, 0.2) is 0 Å². The van der Waals surface area contributed by atoms with E-state index in [1.54, 1.807) is 12.1 Å². The molecule has 2 heteroatoms. The number of benzene rings is 1. The molecule has 0 spiro atoms. The van der Waals surface area contributed by atoms with E-state index >= 15 is 0 Å². The molecule has 1 aromatic carbocycles. The van der Waals surface area contributed by atoms with Crippen LogP contribution in [0.2, 0.25) is 0 Å². The molecule has 0 aliphatic heterocycles. The van der Waals surface area contributed by atoms with Crippen LogP contribution < -0.4 is 5.32 Å². The van der Waals surface area contributed by atoms with E-state index in [4.69, 9.17) is 0 Å². The molecule has 2 saturated carbocycles. The predicted octanol–water partition coefficient (Wildman–Crippen LogP) is 3.78. The minimum absolute atomic E-state index is 0.125. The molecule has 2 aliphatic carbocycles. The van der Waals surface area contributed by atoms with E-state index in [9.17, 15) is 4.39 Å². The van der Waals surface area contributed by atoms with Crippen molar-refractivity contribution in [3.8, 4) is 0 Å². The van der Waals surface area contributed by atoms with Crippen molar-refractivity contribution in [3.63, 3.8) is 0 Å². The second-order valence-electron chi connectivity index (χ2n) is 6.00. The highest BCUT2D eigenvalue weighted by Crippen LogP contribution is 2.39. The van der Waals surface area contributed by atoms with Gasteiger partial charge in [-0.2, -0.15) is 0 Å². The lowest BCUT2D eigenvalue weighted by atomic mass is 9.69. The Bertz CT molecular complexity index is 388. The van der Waals surface area contributed by atoms with Crippen LogP contribution in [0.3, 0.4) is 0 Å². The Hall–Kier alpha value is -0.890. The summed E-state index contributed by atoms with van der Waals surface area (Å²) < 4.78 is 13.1. The van der Waals surface area contributed by atoms with E-state index in [-0.39, 0.29) is 11.2 Å². The average molecular weight is 247 g/mol. The Morgan fingerprint density at radius 1 is 1.06 bits per heavy atom. The molecule has 3 rings (SSSR count). The highest BCUT2D eigenvalue weighted by atomic mass is 19.1. The van der Waals surface area contributed by atoms with Crippen molar-refractivity contribution in [1.82, 2.24) is 5.32 Å². The molecule has 98 valence electrons. The molecule has 0 amide bonds. The van der Waals surface area contributed by atoms with Crippen molar-refractivity contribution in [1.29, 1.82) is 0 Å². The third kappa shape index (κ3) is 2.59. The van der Waals surface area contributed by atoms with Crippen LogP contribution in [0.4, 0.5) is 4.39 Å².